The maximum atomic E-state index is 10.8. The molecule has 0 fully saturated rings. The molecule has 0 atom stereocenters. The Labute approximate surface area is 139 Å². The van der Waals surface area contributed by atoms with Gasteiger partial charge in [0.15, 0.2) is 10.6 Å². The third-order valence-corrected chi connectivity index (χ3v) is 3.94. The zero-order chi connectivity index (χ0) is 15.7. The minimum Gasteiger partial charge on any atom is -0.545 e. The monoisotopic (exact) mass is 374 g/mol. The van der Waals surface area contributed by atoms with E-state index in [0.717, 1.165) is 15.7 Å². The first-order valence-electron chi connectivity index (χ1n) is 6.31. The van der Waals surface area contributed by atoms with Crippen molar-refractivity contribution in [3.05, 3.63) is 63.3 Å². The van der Waals surface area contributed by atoms with Gasteiger partial charge in [0, 0.05) is 10.0 Å². The molecule has 0 amide bonds. The van der Waals surface area contributed by atoms with Gasteiger partial charge in [-0.05, 0) is 42.0 Å². The lowest BCUT2D eigenvalue weighted by atomic mass is 10.2. The number of carbonyl (C=O) groups excluding carboxylic acids is 1. The number of carboxylic acids is 1. The SMILES string of the molecule is O=C([O-])c1ccc(-n2c(-c3ccc(Br)cc3)n[nH]c2=S)cc1. The molecule has 1 aromatic heterocycles. The van der Waals surface area contributed by atoms with E-state index >= 15 is 0 Å². The molecule has 0 unspecified atom stereocenters. The van der Waals surface area contributed by atoms with Crippen molar-refractivity contribution in [3.63, 3.8) is 0 Å². The van der Waals surface area contributed by atoms with Crippen molar-refractivity contribution in [2.24, 2.45) is 0 Å². The first kappa shape index (κ1) is 14.7. The number of H-pyrrole nitrogens is 1. The fourth-order valence-electron chi connectivity index (χ4n) is 2.08. The van der Waals surface area contributed by atoms with Crippen LogP contribution >= 0.6 is 28.1 Å². The Kier molecular flexibility index (Phi) is 3.91. The number of aromatic amines is 1. The number of nitrogens with one attached hydrogen (secondary N) is 1. The highest BCUT2D eigenvalue weighted by atomic mass is 79.9. The van der Waals surface area contributed by atoms with Crippen molar-refractivity contribution in [1.82, 2.24) is 14.8 Å². The van der Waals surface area contributed by atoms with Gasteiger partial charge in [-0.2, -0.15) is 5.10 Å². The highest BCUT2D eigenvalue weighted by Gasteiger charge is 2.10. The molecule has 0 aliphatic carbocycles. The molecule has 0 spiro atoms. The van der Waals surface area contributed by atoms with Gasteiger partial charge in [0.2, 0.25) is 0 Å². The van der Waals surface area contributed by atoms with Crippen molar-refractivity contribution in [1.29, 1.82) is 0 Å². The minimum absolute atomic E-state index is 0.115. The Morgan fingerprint density at radius 1 is 1.14 bits per heavy atom. The van der Waals surface area contributed by atoms with Crippen LogP contribution in [0.1, 0.15) is 10.4 Å². The molecule has 1 heterocycles. The van der Waals surface area contributed by atoms with E-state index in [1.165, 1.54) is 12.1 Å². The van der Waals surface area contributed by atoms with Gasteiger partial charge in [-0.3, -0.25) is 9.67 Å². The number of aromatic carboxylic acids is 1. The molecule has 0 aliphatic rings. The summed E-state index contributed by atoms with van der Waals surface area (Å²) >= 11 is 8.66. The third kappa shape index (κ3) is 2.72. The van der Waals surface area contributed by atoms with Crippen LogP contribution in [0, 0.1) is 4.77 Å². The zero-order valence-corrected chi connectivity index (χ0v) is 13.5. The number of hydrogen-bond donors (Lipinski definition) is 1. The second kappa shape index (κ2) is 5.86. The summed E-state index contributed by atoms with van der Waals surface area (Å²) in [7, 11) is 0. The van der Waals surface area contributed by atoms with Gasteiger partial charge in [0.1, 0.15) is 0 Å². The van der Waals surface area contributed by atoms with Gasteiger partial charge < -0.3 is 9.90 Å². The van der Waals surface area contributed by atoms with Crippen LogP contribution in [-0.4, -0.2) is 20.7 Å². The van der Waals surface area contributed by atoms with Crippen molar-refractivity contribution < 1.29 is 9.90 Å². The molecule has 0 saturated heterocycles. The summed E-state index contributed by atoms with van der Waals surface area (Å²) in [5.74, 6) is -0.561. The van der Waals surface area contributed by atoms with E-state index in [-0.39, 0.29) is 5.56 Å². The van der Waals surface area contributed by atoms with E-state index in [2.05, 4.69) is 26.1 Å². The summed E-state index contributed by atoms with van der Waals surface area (Å²) in [6.07, 6.45) is 0. The van der Waals surface area contributed by atoms with Gasteiger partial charge in [-0.25, -0.2) is 0 Å². The summed E-state index contributed by atoms with van der Waals surface area (Å²) < 4.78 is 3.15. The molecular weight excluding hydrogens is 366 g/mol. The van der Waals surface area contributed by atoms with Crippen molar-refractivity contribution >= 4 is 34.1 Å². The standard InChI is InChI=1S/C15H10BrN3O2S/c16-11-5-1-9(2-6-11)13-17-18-15(22)19(13)12-7-3-10(4-8-12)14(20)21/h1-8H,(H,18,22)(H,20,21)/p-1. The van der Waals surface area contributed by atoms with Crippen molar-refractivity contribution in [2.75, 3.05) is 0 Å². The largest absolute Gasteiger partial charge is 0.545 e. The number of carbonyl (C=O) groups is 1. The molecule has 0 radical (unpaired) electrons. The Hall–Kier alpha value is -2.25. The highest BCUT2D eigenvalue weighted by Crippen LogP contribution is 2.23. The predicted octanol–water partition coefficient (Wildman–Crippen LogP) is 2.72. The number of aromatic nitrogens is 3. The number of rotatable bonds is 3. The second-order valence-electron chi connectivity index (χ2n) is 4.53. The molecule has 7 heteroatoms. The van der Waals surface area contributed by atoms with Gasteiger partial charge in [-0.1, -0.05) is 40.2 Å². The first-order chi connectivity index (χ1) is 10.6. The van der Waals surface area contributed by atoms with E-state index in [0.29, 0.717) is 10.6 Å². The molecule has 0 aliphatic heterocycles. The van der Waals surface area contributed by atoms with E-state index in [1.54, 1.807) is 16.7 Å². The van der Waals surface area contributed by atoms with Crippen molar-refractivity contribution in [3.8, 4) is 17.1 Å². The molecule has 5 nitrogen and oxygen atoms in total. The third-order valence-electron chi connectivity index (χ3n) is 3.14. The molecule has 0 saturated carbocycles. The Morgan fingerprint density at radius 3 is 2.36 bits per heavy atom. The van der Waals surface area contributed by atoms with Gasteiger partial charge in [-0.15, -0.1) is 0 Å². The van der Waals surface area contributed by atoms with Crippen LogP contribution < -0.4 is 5.11 Å². The predicted molar refractivity (Wildman–Crippen MR) is 86.2 cm³/mol. The van der Waals surface area contributed by atoms with Gasteiger partial charge >= 0.3 is 0 Å². The lowest BCUT2D eigenvalue weighted by molar-refractivity contribution is -0.255. The van der Waals surface area contributed by atoms with Gasteiger partial charge in [0.25, 0.3) is 0 Å². The average molecular weight is 375 g/mol. The Balaban J connectivity index is 2.11. The number of halogens is 1. The van der Waals surface area contributed by atoms with Crippen LogP contribution in [-0.2, 0) is 0 Å². The summed E-state index contributed by atoms with van der Waals surface area (Å²) in [5, 5.41) is 17.8. The average Bonchev–Trinajstić information content (AvgIpc) is 2.90. The number of benzene rings is 2. The van der Waals surface area contributed by atoms with E-state index in [9.17, 15) is 9.90 Å². The van der Waals surface area contributed by atoms with E-state index in [4.69, 9.17) is 12.2 Å². The van der Waals surface area contributed by atoms with Crippen LogP contribution in [0.25, 0.3) is 17.1 Å². The molecule has 110 valence electrons. The van der Waals surface area contributed by atoms with Crippen LogP contribution in [0.5, 0.6) is 0 Å². The van der Waals surface area contributed by atoms with Crippen molar-refractivity contribution in [2.45, 2.75) is 0 Å². The van der Waals surface area contributed by atoms with Gasteiger partial charge in [0.05, 0.1) is 11.7 Å². The maximum absolute atomic E-state index is 10.8. The lowest BCUT2D eigenvalue weighted by Crippen LogP contribution is -2.22. The Morgan fingerprint density at radius 2 is 1.77 bits per heavy atom. The molecule has 3 rings (SSSR count). The molecule has 3 aromatic rings. The van der Waals surface area contributed by atoms with Crippen LogP contribution in [0.2, 0.25) is 0 Å². The van der Waals surface area contributed by atoms with Crippen LogP contribution in [0.15, 0.2) is 53.0 Å². The smallest absolute Gasteiger partial charge is 0.200 e. The fraction of sp³-hybridized carbons (Fsp3) is 0. The number of carboxylic acid groups (broad SMARTS) is 1. The summed E-state index contributed by atoms with van der Waals surface area (Å²) in [6.45, 7) is 0. The summed E-state index contributed by atoms with van der Waals surface area (Å²) in [6, 6.07) is 13.9. The maximum Gasteiger partial charge on any atom is 0.200 e. The first-order valence-corrected chi connectivity index (χ1v) is 7.51. The highest BCUT2D eigenvalue weighted by molar-refractivity contribution is 9.10. The molecule has 22 heavy (non-hydrogen) atoms. The molecular formula is C15H9BrN3O2S-. The fourth-order valence-corrected chi connectivity index (χ4v) is 2.58. The molecule has 2 aromatic carbocycles. The second-order valence-corrected chi connectivity index (χ2v) is 5.83. The van der Waals surface area contributed by atoms with Crippen LogP contribution in [0.4, 0.5) is 0 Å². The quantitative estimate of drug-likeness (QED) is 0.715. The summed E-state index contributed by atoms with van der Waals surface area (Å²) in [5.41, 5.74) is 1.73. The van der Waals surface area contributed by atoms with E-state index in [1.807, 2.05) is 24.3 Å². The number of nitrogens with zero attached hydrogens (tertiary/aromatic N) is 2. The summed E-state index contributed by atoms with van der Waals surface area (Å²) in [4.78, 5) is 10.8. The number of hydrogen-bond acceptors (Lipinski definition) is 4. The lowest BCUT2D eigenvalue weighted by Gasteiger charge is -2.08. The van der Waals surface area contributed by atoms with Crippen LogP contribution in [0.3, 0.4) is 0 Å². The Bertz CT molecular complexity index is 882. The molecule has 0 bridgehead atoms. The minimum atomic E-state index is -1.21. The normalized spacial score (nSPS) is 10.6. The molecule has 1 N–H and O–H groups in total. The van der Waals surface area contributed by atoms with E-state index < -0.39 is 5.97 Å². The zero-order valence-electron chi connectivity index (χ0n) is 11.1. The topological polar surface area (TPSA) is 73.7 Å².